The van der Waals surface area contributed by atoms with Crippen LogP contribution in [-0.2, 0) is 6.42 Å². The summed E-state index contributed by atoms with van der Waals surface area (Å²) in [4.78, 5) is 10.3. The Bertz CT molecular complexity index is 718. The Morgan fingerprint density at radius 1 is 1.36 bits per heavy atom. The average molecular weight is 342 g/mol. The zero-order valence-corrected chi connectivity index (χ0v) is 15.7. The number of aryl methyl sites for hydroxylation is 1. The molecule has 136 valence electrons. The maximum atomic E-state index is 4.36. The Labute approximate surface area is 150 Å². The highest BCUT2D eigenvalue weighted by Crippen LogP contribution is 2.21. The molecule has 1 aromatic carbocycles. The van der Waals surface area contributed by atoms with Crippen LogP contribution in [0.3, 0.4) is 0 Å². The molecule has 1 aliphatic heterocycles. The second-order valence-electron chi connectivity index (χ2n) is 6.87. The van der Waals surface area contributed by atoms with Crippen LogP contribution >= 0.6 is 0 Å². The van der Waals surface area contributed by atoms with Crippen LogP contribution in [0.5, 0.6) is 0 Å². The highest BCUT2D eigenvalue weighted by Gasteiger charge is 2.22. The first-order chi connectivity index (χ1) is 12.2. The number of hydrogen-bond acceptors (Lipinski definition) is 2. The predicted molar refractivity (Wildman–Crippen MR) is 106 cm³/mol. The maximum absolute atomic E-state index is 4.36. The van der Waals surface area contributed by atoms with Gasteiger partial charge in [0.15, 0.2) is 5.96 Å². The molecular weight excluding hydrogens is 310 g/mol. The van der Waals surface area contributed by atoms with E-state index in [4.69, 9.17) is 0 Å². The van der Waals surface area contributed by atoms with Crippen LogP contribution in [0, 0.1) is 6.92 Å². The van der Waals surface area contributed by atoms with Gasteiger partial charge in [0.1, 0.15) is 0 Å². The van der Waals surface area contributed by atoms with Gasteiger partial charge in [-0.1, -0.05) is 25.1 Å². The number of fused-ring (bicyclic) bond motifs is 1. The zero-order chi connectivity index (χ0) is 17.6. The summed E-state index contributed by atoms with van der Waals surface area (Å²) >= 11 is 0. The molecule has 3 rings (SSSR count). The molecule has 5 heteroatoms. The molecule has 1 fully saturated rings. The molecule has 2 aromatic rings. The molecule has 3 N–H and O–H groups in total. The largest absolute Gasteiger partial charge is 0.361 e. The van der Waals surface area contributed by atoms with Gasteiger partial charge in [-0.2, -0.15) is 0 Å². The lowest BCUT2D eigenvalue weighted by molar-refractivity contribution is 0.267. The fraction of sp³-hybridized carbons (Fsp3) is 0.550. The molecule has 0 bridgehead atoms. The van der Waals surface area contributed by atoms with E-state index in [0.29, 0.717) is 6.04 Å². The van der Waals surface area contributed by atoms with E-state index in [-0.39, 0.29) is 0 Å². The smallest absolute Gasteiger partial charge is 0.191 e. The van der Waals surface area contributed by atoms with Crippen molar-refractivity contribution in [1.82, 2.24) is 20.5 Å². The van der Waals surface area contributed by atoms with Crippen molar-refractivity contribution >= 4 is 16.9 Å². The number of aromatic amines is 1. The molecule has 1 unspecified atom stereocenters. The van der Waals surface area contributed by atoms with Crippen molar-refractivity contribution in [2.75, 3.05) is 33.2 Å². The summed E-state index contributed by atoms with van der Waals surface area (Å²) in [5.41, 5.74) is 3.90. The Morgan fingerprint density at radius 2 is 2.24 bits per heavy atom. The topological polar surface area (TPSA) is 55.4 Å². The minimum atomic E-state index is 0.639. The van der Waals surface area contributed by atoms with Crippen LogP contribution in [0.25, 0.3) is 10.9 Å². The van der Waals surface area contributed by atoms with Crippen molar-refractivity contribution < 1.29 is 0 Å². The average Bonchev–Trinajstić information content (AvgIpc) is 3.25. The highest BCUT2D eigenvalue weighted by atomic mass is 15.2. The molecule has 2 heterocycles. The van der Waals surface area contributed by atoms with E-state index in [2.05, 4.69) is 63.8 Å². The van der Waals surface area contributed by atoms with Gasteiger partial charge in [-0.25, -0.2) is 0 Å². The lowest BCUT2D eigenvalue weighted by Crippen LogP contribution is -2.45. The maximum Gasteiger partial charge on any atom is 0.191 e. The van der Waals surface area contributed by atoms with Crippen LogP contribution in [0.4, 0.5) is 0 Å². The fourth-order valence-electron chi connectivity index (χ4n) is 3.86. The third-order valence-electron chi connectivity index (χ3n) is 5.33. The predicted octanol–water partition coefficient (Wildman–Crippen LogP) is 2.67. The number of H-pyrrole nitrogens is 1. The number of nitrogens with one attached hydrogen (secondary N) is 3. The van der Waals surface area contributed by atoms with Gasteiger partial charge in [0.25, 0.3) is 0 Å². The van der Waals surface area contributed by atoms with Crippen LogP contribution in [0.2, 0.25) is 0 Å². The van der Waals surface area contributed by atoms with Crippen molar-refractivity contribution in [1.29, 1.82) is 0 Å². The summed E-state index contributed by atoms with van der Waals surface area (Å²) in [6, 6.07) is 7.11. The molecule has 1 atom stereocenters. The van der Waals surface area contributed by atoms with E-state index >= 15 is 0 Å². The van der Waals surface area contributed by atoms with Crippen molar-refractivity contribution in [3.05, 3.63) is 35.5 Å². The summed E-state index contributed by atoms with van der Waals surface area (Å²) < 4.78 is 0. The molecule has 0 spiro atoms. The van der Waals surface area contributed by atoms with Crippen molar-refractivity contribution in [2.45, 2.75) is 39.2 Å². The molecule has 0 saturated carbocycles. The molecule has 0 aliphatic carbocycles. The van der Waals surface area contributed by atoms with Crippen molar-refractivity contribution in [2.24, 2.45) is 4.99 Å². The summed E-state index contributed by atoms with van der Waals surface area (Å²) in [6.45, 7) is 8.61. The number of benzene rings is 1. The zero-order valence-electron chi connectivity index (χ0n) is 15.7. The lowest BCUT2D eigenvalue weighted by Gasteiger charge is -2.23. The van der Waals surface area contributed by atoms with E-state index in [1.807, 2.05) is 7.05 Å². The first kappa shape index (κ1) is 17.8. The van der Waals surface area contributed by atoms with E-state index in [0.717, 1.165) is 32.0 Å². The highest BCUT2D eigenvalue weighted by molar-refractivity contribution is 5.86. The number of likely N-dealkylation sites (tertiary alicyclic amines) is 1. The summed E-state index contributed by atoms with van der Waals surface area (Å²) in [7, 11) is 1.84. The number of likely N-dealkylation sites (N-methyl/N-ethyl adjacent to an activating group) is 1. The molecule has 1 saturated heterocycles. The Morgan fingerprint density at radius 3 is 3.04 bits per heavy atom. The fourth-order valence-corrected chi connectivity index (χ4v) is 3.86. The minimum absolute atomic E-state index is 0.639. The number of rotatable bonds is 6. The van der Waals surface area contributed by atoms with Gasteiger partial charge in [-0.3, -0.25) is 9.89 Å². The van der Waals surface area contributed by atoms with Crippen LogP contribution in [-0.4, -0.2) is 55.1 Å². The van der Waals surface area contributed by atoms with Gasteiger partial charge in [-0.05, 0) is 50.4 Å². The molecule has 25 heavy (non-hydrogen) atoms. The van der Waals surface area contributed by atoms with Crippen LogP contribution in [0.15, 0.2) is 29.4 Å². The number of hydrogen-bond donors (Lipinski definition) is 3. The second kappa shape index (κ2) is 8.39. The molecule has 0 amide bonds. The number of nitrogens with zero attached hydrogens (tertiary/aromatic N) is 2. The third-order valence-corrected chi connectivity index (χ3v) is 5.33. The summed E-state index contributed by atoms with van der Waals surface area (Å²) in [5.74, 6) is 0.902. The van der Waals surface area contributed by atoms with E-state index in [1.54, 1.807) is 0 Å². The molecule has 1 aromatic heterocycles. The minimum Gasteiger partial charge on any atom is -0.361 e. The van der Waals surface area contributed by atoms with Gasteiger partial charge in [0.05, 0.1) is 0 Å². The molecule has 0 radical (unpaired) electrons. The summed E-state index contributed by atoms with van der Waals surface area (Å²) in [6.07, 6.45) is 5.71. The van der Waals surface area contributed by atoms with E-state index in [9.17, 15) is 0 Å². The van der Waals surface area contributed by atoms with Gasteiger partial charge < -0.3 is 15.6 Å². The van der Waals surface area contributed by atoms with Gasteiger partial charge in [-0.15, -0.1) is 0 Å². The van der Waals surface area contributed by atoms with E-state index < -0.39 is 0 Å². The van der Waals surface area contributed by atoms with Crippen LogP contribution in [0.1, 0.15) is 30.9 Å². The standard InChI is InChI=1S/C20H31N5/c1-4-25-12-6-8-17(25)14-24-20(21-3)22-11-10-16-13-23-19-15(2)7-5-9-18(16)19/h5,7,9,13,17,23H,4,6,8,10-12,14H2,1-3H3,(H2,21,22,24). The molecule has 5 nitrogen and oxygen atoms in total. The normalized spacial score (nSPS) is 18.8. The quantitative estimate of drug-likeness (QED) is 0.559. The monoisotopic (exact) mass is 341 g/mol. The van der Waals surface area contributed by atoms with Crippen molar-refractivity contribution in [3.63, 3.8) is 0 Å². The SMILES string of the molecule is CCN1CCCC1CNC(=NC)NCCc1c[nH]c2c(C)cccc12. The van der Waals surface area contributed by atoms with Crippen LogP contribution < -0.4 is 10.6 Å². The van der Waals surface area contributed by atoms with Gasteiger partial charge in [0, 0.05) is 43.3 Å². The number of aromatic nitrogens is 1. The molecule has 1 aliphatic rings. The summed E-state index contributed by atoms with van der Waals surface area (Å²) in [5, 5.41) is 8.27. The Kier molecular flexibility index (Phi) is 5.97. The number of guanidine groups is 1. The second-order valence-corrected chi connectivity index (χ2v) is 6.87. The van der Waals surface area contributed by atoms with Gasteiger partial charge >= 0.3 is 0 Å². The Hall–Kier alpha value is -2.01. The number of para-hydroxylation sites is 1. The Balaban J connectivity index is 1.49. The first-order valence-electron chi connectivity index (χ1n) is 9.47. The molecular formula is C20H31N5. The van der Waals surface area contributed by atoms with Crippen molar-refractivity contribution in [3.8, 4) is 0 Å². The van der Waals surface area contributed by atoms with E-state index in [1.165, 1.54) is 41.4 Å². The van der Waals surface area contributed by atoms with Gasteiger partial charge in [0.2, 0.25) is 0 Å². The lowest BCUT2D eigenvalue weighted by atomic mass is 10.1. The third kappa shape index (κ3) is 4.15. The number of aliphatic imine (C=N–C) groups is 1. The first-order valence-corrected chi connectivity index (χ1v) is 9.47.